The van der Waals surface area contributed by atoms with Crippen LogP contribution in [-0.4, -0.2) is 34.5 Å². The van der Waals surface area contributed by atoms with Crippen LogP contribution in [0.15, 0.2) is 24.5 Å². The molecule has 18 heavy (non-hydrogen) atoms. The Hall–Kier alpha value is -1.42. The van der Waals surface area contributed by atoms with E-state index in [4.69, 9.17) is 4.74 Å². The van der Waals surface area contributed by atoms with Crippen molar-refractivity contribution in [2.75, 3.05) is 7.05 Å². The second-order valence-corrected chi connectivity index (χ2v) is 5.49. The van der Waals surface area contributed by atoms with Crippen molar-refractivity contribution in [1.82, 2.24) is 9.88 Å². The number of hydrogen-bond acceptors (Lipinski definition) is 4. The minimum Gasteiger partial charge on any atom is -0.459 e. The number of carbonyl (C=O) groups is 1. The predicted octanol–water partition coefficient (Wildman–Crippen LogP) is 2.24. The number of carbonyl (C=O) groups excluding carboxylic acids is 1. The summed E-state index contributed by atoms with van der Waals surface area (Å²) < 4.78 is 5.36. The third-order valence-corrected chi connectivity index (χ3v) is 2.56. The van der Waals surface area contributed by atoms with Gasteiger partial charge in [0.25, 0.3) is 0 Å². The Morgan fingerprint density at radius 2 is 2.17 bits per heavy atom. The van der Waals surface area contributed by atoms with E-state index in [-0.39, 0.29) is 12.0 Å². The molecule has 0 saturated heterocycles. The molecule has 4 heteroatoms. The van der Waals surface area contributed by atoms with Crippen LogP contribution in [-0.2, 0) is 16.1 Å². The van der Waals surface area contributed by atoms with E-state index in [1.807, 2.05) is 51.8 Å². The Kier molecular flexibility index (Phi) is 4.84. The van der Waals surface area contributed by atoms with Crippen molar-refractivity contribution in [1.29, 1.82) is 0 Å². The average Bonchev–Trinajstić information content (AvgIpc) is 2.27. The van der Waals surface area contributed by atoms with Crippen LogP contribution in [0.2, 0.25) is 0 Å². The molecule has 0 aliphatic heterocycles. The van der Waals surface area contributed by atoms with Crippen molar-refractivity contribution in [3.63, 3.8) is 0 Å². The summed E-state index contributed by atoms with van der Waals surface area (Å²) in [6.07, 6.45) is 3.54. The van der Waals surface area contributed by atoms with Gasteiger partial charge < -0.3 is 4.74 Å². The SMILES string of the molecule is CC(C(=O)OC(C)(C)C)N(C)Cc1cccnc1. The molecule has 1 aromatic heterocycles. The summed E-state index contributed by atoms with van der Waals surface area (Å²) in [5, 5.41) is 0. The van der Waals surface area contributed by atoms with Gasteiger partial charge in [0, 0.05) is 18.9 Å². The van der Waals surface area contributed by atoms with Gasteiger partial charge >= 0.3 is 5.97 Å². The molecule has 0 radical (unpaired) electrons. The van der Waals surface area contributed by atoms with E-state index in [0.29, 0.717) is 6.54 Å². The zero-order chi connectivity index (χ0) is 13.8. The number of aromatic nitrogens is 1. The topological polar surface area (TPSA) is 42.4 Å². The van der Waals surface area contributed by atoms with Crippen LogP contribution in [0.4, 0.5) is 0 Å². The molecule has 100 valence electrons. The number of likely N-dealkylation sites (N-methyl/N-ethyl adjacent to an activating group) is 1. The third-order valence-electron chi connectivity index (χ3n) is 2.56. The van der Waals surface area contributed by atoms with Gasteiger partial charge in [-0.3, -0.25) is 14.7 Å². The highest BCUT2D eigenvalue weighted by atomic mass is 16.6. The maximum Gasteiger partial charge on any atom is 0.323 e. The highest BCUT2D eigenvalue weighted by Gasteiger charge is 2.24. The van der Waals surface area contributed by atoms with E-state index in [2.05, 4.69) is 4.98 Å². The molecular formula is C14H22N2O2. The highest BCUT2D eigenvalue weighted by Crippen LogP contribution is 2.12. The van der Waals surface area contributed by atoms with Crippen LogP contribution in [0.5, 0.6) is 0 Å². The normalized spacial score (nSPS) is 13.4. The zero-order valence-electron chi connectivity index (χ0n) is 11.8. The molecular weight excluding hydrogens is 228 g/mol. The first-order valence-corrected chi connectivity index (χ1v) is 6.11. The van der Waals surface area contributed by atoms with Crippen LogP contribution >= 0.6 is 0 Å². The first-order chi connectivity index (χ1) is 8.29. The van der Waals surface area contributed by atoms with Crippen molar-refractivity contribution < 1.29 is 9.53 Å². The van der Waals surface area contributed by atoms with Gasteiger partial charge in [0.2, 0.25) is 0 Å². The lowest BCUT2D eigenvalue weighted by Gasteiger charge is -2.27. The zero-order valence-corrected chi connectivity index (χ0v) is 11.8. The molecule has 0 saturated carbocycles. The highest BCUT2D eigenvalue weighted by molar-refractivity contribution is 5.75. The number of nitrogens with zero attached hydrogens (tertiary/aromatic N) is 2. The standard InChI is InChI=1S/C14H22N2O2/c1-11(13(17)18-14(2,3)4)16(5)10-12-7-6-8-15-9-12/h6-9,11H,10H2,1-5H3. The Labute approximate surface area is 109 Å². The van der Waals surface area contributed by atoms with Gasteiger partial charge in [0.15, 0.2) is 0 Å². The van der Waals surface area contributed by atoms with Gasteiger partial charge in [-0.15, -0.1) is 0 Å². The first kappa shape index (κ1) is 14.6. The van der Waals surface area contributed by atoms with Crippen molar-refractivity contribution in [3.05, 3.63) is 30.1 Å². The molecule has 1 aromatic rings. The Morgan fingerprint density at radius 1 is 1.50 bits per heavy atom. The lowest BCUT2D eigenvalue weighted by molar-refractivity contribution is -0.160. The molecule has 1 atom stereocenters. The van der Waals surface area contributed by atoms with Gasteiger partial charge in [-0.05, 0) is 46.4 Å². The van der Waals surface area contributed by atoms with E-state index in [0.717, 1.165) is 5.56 Å². The fraction of sp³-hybridized carbons (Fsp3) is 0.571. The number of hydrogen-bond donors (Lipinski definition) is 0. The number of esters is 1. The summed E-state index contributed by atoms with van der Waals surface area (Å²) >= 11 is 0. The van der Waals surface area contributed by atoms with E-state index in [9.17, 15) is 4.79 Å². The fourth-order valence-electron chi connectivity index (χ4n) is 1.48. The molecule has 0 N–H and O–H groups in total. The van der Waals surface area contributed by atoms with E-state index >= 15 is 0 Å². The minimum absolute atomic E-state index is 0.200. The largest absolute Gasteiger partial charge is 0.459 e. The first-order valence-electron chi connectivity index (χ1n) is 6.11. The second-order valence-electron chi connectivity index (χ2n) is 5.49. The molecule has 1 rings (SSSR count). The summed E-state index contributed by atoms with van der Waals surface area (Å²) in [6.45, 7) is 8.15. The number of rotatable bonds is 4. The smallest absolute Gasteiger partial charge is 0.323 e. The van der Waals surface area contributed by atoms with Gasteiger partial charge in [-0.1, -0.05) is 6.07 Å². The second kappa shape index (κ2) is 5.96. The molecule has 1 unspecified atom stereocenters. The fourth-order valence-corrected chi connectivity index (χ4v) is 1.48. The van der Waals surface area contributed by atoms with Crippen LogP contribution in [0, 0.1) is 0 Å². The van der Waals surface area contributed by atoms with Gasteiger partial charge in [-0.2, -0.15) is 0 Å². The maximum atomic E-state index is 11.9. The summed E-state index contributed by atoms with van der Waals surface area (Å²) in [4.78, 5) is 17.9. The lowest BCUT2D eigenvalue weighted by atomic mass is 10.2. The van der Waals surface area contributed by atoms with Crippen LogP contribution < -0.4 is 0 Å². The van der Waals surface area contributed by atoms with Gasteiger partial charge in [-0.25, -0.2) is 0 Å². The maximum absolute atomic E-state index is 11.9. The van der Waals surface area contributed by atoms with Crippen molar-refractivity contribution >= 4 is 5.97 Å². The molecule has 0 aliphatic rings. The molecule has 0 aliphatic carbocycles. The summed E-state index contributed by atoms with van der Waals surface area (Å²) in [7, 11) is 1.90. The number of ether oxygens (including phenoxy) is 1. The molecule has 0 amide bonds. The summed E-state index contributed by atoms with van der Waals surface area (Å²) in [5.41, 5.74) is 0.635. The Balaban J connectivity index is 2.56. The van der Waals surface area contributed by atoms with Gasteiger partial charge in [0.1, 0.15) is 11.6 Å². The summed E-state index contributed by atoms with van der Waals surface area (Å²) in [5.74, 6) is -0.200. The van der Waals surface area contributed by atoms with Crippen molar-refractivity contribution in [3.8, 4) is 0 Å². The Bertz CT molecular complexity index is 385. The monoisotopic (exact) mass is 250 g/mol. The van der Waals surface area contributed by atoms with Crippen LogP contribution in [0.1, 0.15) is 33.3 Å². The molecule has 0 spiro atoms. The van der Waals surface area contributed by atoms with E-state index in [1.54, 1.807) is 12.4 Å². The predicted molar refractivity (Wildman–Crippen MR) is 71.0 cm³/mol. The molecule has 0 bridgehead atoms. The van der Waals surface area contributed by atoms with Crippen LogP contribution in [0.25, 0.3) is 0 Å². The molecule has 0 aromatic carbocycles. The molecule has 4 nitrogen and oxygen atoms in total. The quantitative estimate of drug-likeness (QED) is 0.769. The average molecular weight is 250 g/mol. The Morgan fingerprint density at radius 3 is 2.67 bits per heavy atom. The summed E-state index contributed by atoms with van der Waals surface area (Å²) in [6, 6.07) is 3.61. The van der Waals surface area contributed by atoms with E-state index < -0.39 is 5.60 Å². The van der Waals surface area contributed by atoms with Crippen molar-refractivity contribution in [2.45, 2.75) is 45.9 Å². The molecule has 0 fully saturated rings. The minimum atomic E-state index is -0.444. The lowest BCUT2D eigenvalue weighted by Crippen LogP contribution is -2.40. The third kappa shape index (κ3) is 4.84. The number of pyridine rings is 1. The van der Waals surface area contributed by atoms with Crippen LogP contribution in [0.3, 0.4) is 0 Å². The van der Waals surface area contributed by atoms with Crippen molar-refractivity contribution in [2.24, 2.45) is 0 Å². The molecule has 1 heterocycles. The van der Waals surface area contributed by atoms with E-state index in [1.165, 1.54) is 0 Å². The van der Waals surface area contributed by atoms with Gasteiger partial charge in [0.05, 0.1) is 0 Å².